The fourth-order valence-electron chi connectivity index (χ4n) is 2.33. The minimum atomic E-state index is -0.453. The Balaban J connectivity index is 2.38. The van der Waals surface area contributed by atoms with Crippen LogP contribution in [-0.4, -0.2) is 40.9 Å². The van der Waals surface area contributed by atoms with Crippen LogP contribution in [-0.2, 0) is 4.74 Å². The second-order valence-electron chi connectivity index (χ2n) is 7.01. The van der Waals surface area contributed by atoms with E-state index < -0.39 is 5.60 Å². The van der Waals surface area contributed by atoms with Crippen molar-refractivity contribution in [2.45, 2.75) is 65.6 Å². The molecular formula is C15H29NO3. The summed E-state index contributed by atoms with van der Waals surface area (Å²) >= 11 is 0. The number of aliphatic hydroxyl groups is 1. The van der Waals surface area contributed by atoms with Crippen molar-refractivity contribution in [2.24, 2.45) is 11.8 Å². The summed E-state index contributed by atoms with van der Waals surface area (Å²) in [6.45, 7) is 11.2. The zero-order chi connectivity index (χ0) is 14.6. The normalized spacial score (nSPS) is 21.8. The van der Waals surface area contributed by atoms with E-state index >= 15 is 0 Å². The zero-order valence-electron chi connectivity index (χ0n) is 13.0. The lowest BCUT2D eigenvalue weighted by atomic mass is 9.95. The van der Waals surface area contributed by atoms with Gasteiger partial charge >= 0.3 is 6.09 Å². The molecule has 2 unspecified atom stereocenters. The Bertz CT molecular complexity index is 296. The molecule has 0 saturated carbocycles. The van der Waals surface area contributed by atoms with Crippen LogP contribution in [0.3, 0.4) is 0 Å². The van der Waals surface area contributed by atoms with E-state index in [1.807, 2.05) is 20.8 Å². The van der Waals surface area contributed by atoms with Gasteiger partial charge in [-0.15, -0.1) is 0 Å². The fraction of sp³-hybridized carbons (Fsp3) is 0.933. The van der Waals surface area contributed by atoms with Crippen molar-refractivity contribution in [3.63, 3.8) is 0 Å². The molecule has 112 valence electrons. The first-order chi connectivity index (χ1) is 8.69. The van der Waals surface area contributed by atoms with Crippen molar-refractivity contribution in [2.75, 3.05) is 13.1 Å². The Kier molecular flexibility index (Phi) is 5.65. The molecule has 0 radical (unpaired) electrons. The van der Waals surface area contributed by atoms with Crippen molar-refractivity contribution in [1.29, 1.82) is 0 Å². The third-order valence-corrected chi connectivity index (χ3v) is 3.46. The number of hydrogen-bond donors (Lipinski definition) is 1. The third-order valence-electron chi connectivity index (χ3n) is 3.46. The van der Waals surface area contributed by atoms with Crippen molar-refractivity contribution < 1.29 is 14.6 Å². The van der Waals surface area contributed by atoms with Crippen LogP contribution in [0, 0.1) is 11.8 Å². The van der Waals surface area contributed by atoms with Crippen LogP contribution in [0.4, 0.5) is 4.79 Å². The minimum Gasteiger partial charge on any atom is -0.444 e. The van der Waals surface area contributed by atoms with Gasteiger partial charge < -0.3 is 14.7 Å². The molecule has 1 saturated heterocycles. The second-order valence-corrected chi connectivity index (χ2v) is 7.01. The van der Waals surface area contributed by atoms with Gasteiger partial charge in [0, 0.05) is 19.0 Å². The van der Waals surface area contributed by atoms with E-state index in [0.717, 1.165) is 19.3 Å². The number of hydrogen-bond acceptors (Lipinski definition) is 3. The Morgan fingerprint density at radius 3 is 2.53 bits per heavy atom. The lowest BCUT2D eigenvalue weighted by molar-refractivity contribution is 0.0264. The fourth-order valence-corrected chi connectivity index (χ4v) is 2.33. The predicted octanol–water partition coefficient (Wildman–Crippen LogP) is 3.04. The van der Waals surface area contributed by atoms with Crippen LogP contribution in [0.1, 0.15) is 53.9 Å². The van der Waals surface area contributed by atoms with E-state index in [1.54, 1.807) is 4.90 Å². The summed E-state index contributed by atoms with van der Waals surface area (Å²) in [5, 5.41) is 10.2. The summed E-state index contributed by atoms with van der Waals surface area (Å²) in [7, 11) is 0. The molecule has 1 fully saturated rings. The molecule has 1 heterocycles. The van der Waals surface area contributed by atoms with Crippen molar-refractivity contribution in [1.82, 2.24) is 4.90 Å². The number of amides is 1. The van der Waals surface area contributed by atoms with E-state index in [1.165, 1.54) is 0 Å². The topological polar surface area (TPSA) is 49.8 Å². The molecule has 2 atom stereocenters. The summed E-state index contributed by atoms with van der Waals surface area (Å²) < 4.78 is 5.35. The standard InChI is InChI=1S/C15H29NO3/c1-11(2)6-7-13(17)12-8-9-16(10-12)14(18)19-15(3,4)5/h11-13,17H,6-10H2,1-5H3. The highest BCUT2D eigenvalue weighted by Crippen LogP contribution is 2.25. The molecule has 0 aliphatic carbocycles. The van der Waals surface area contributed by atoms with E-state index in [4.69, 9.17) is 4.74 Å². The highest BCUT2D eigenvalue weighted by molar-refractivity contribution is 5.68. The van der Waals surface area contributed by atoms with Gasteiger partial charge in [-0.25, -0.2) is 4.79 Å². The number of carbonyl (C=O) groups is 1. The predicted molar refractivity (Wildman–Crippen MR) is 76.0 cm³/mol. The van der Waals surface area contributed by atoms with E-state index in [9.17, 15) is 9.90 Å². The van der Waals surface area contributed by atoms with Crippen LogP contribution >= 0.6 is 0 Å². The highest BCUT2D eigenvalue weighted by atomic mass is 16.6. The van der Waals surface area contributed by atoms with E-state index in [0.29, 0.717) is 19.0 Å². The van der Waals surface area contributed by atoms with Gasteiger partial charge in [0.25, 0.3) is 0 Å². The number of carbonyl (C=O) groups excluding carboxylic acids is 1. The van der Waals surface area contributed by atoms with Crippen LogP contribution in [0.25, 0.3) is 0 Å². The molecule has 1 N–H and O–H groups in total. The van der Waals surface area contributed by atoms with Gasteiger partial charge in [0.2, 0.25) is 0 Å². The average Bonchev–Trinajstić information content (AvgIpc) is 2.72. The van der Waals surface area contributed by atoms with Crippen LogP contribution in [0.15, 0.2) is 0 Å². The van der Waals surface area contributed by atoms with Gasteiger partial charge in [0.15, 0.2) is 0 Å². The average molecular weight is 271 g/mol. The largest absolute Gasteiger partial charge is 0.444 e. The Hall–Kier alpha value is -0.770. The maximum atomic E-state index is 11.9. The summed E-state index contributed by atoms with van der Waals surface area (Å²) in [6.07, 6.45) is 2.17. The van der Waals surface area contributed by atoms with E-state index in [2.05, 4.69) is 13.8 Å². The monoisotopic (exact) mass is 271 g/mol. The molecule has 1 aliphatic rings. The van der Waals surface area contributed by atoms with Crippen molar-refractivity contribution in [3.8, 4) is 0 Å². The summed E-state index contributed by atoms with van der Waals surface area (Å²) in [5.41, 5.74) is -0.453. The third kappa shape index (κ3) is 5.81. The molecule has 0 aromatic carbocycles. The first-order valence-corrected chi connectivity index (χ1v) is 7.35. The second kappa shape index (κ2) is 6.60. The highest BCUT2D eigenvalue weighted by Gasteiger charge is 2.33. The molecule has 0 bridgehead atoms. The van der Waals surface area contributed by atoms with Gasteiger partial charge in [0.05, 0.1) is 6.10 Å². The van der Waals surface area contributed by atoms with Crippen LogP contribution in [0.2, 0.25) is 0 Å². The number of aliphatic hydroxyl groups excluding tert-OH is 1. The Morgan fingerprint density at radius 2 is 2.00 bits per heavy atom. The molecule has 1 rings (SSSR count). The van der Waals surface area contributed by atoms with Crippen molar-refractivity contribution >= 4 is 6.09 Å². The van der Waals surface area contributed by atoms with Crippen LogP contribution < -0.4 is 0 Å². The SMILES string of the molecule is CC(C)CCC(O)C1CCN(C(=O)OC(C)(C)C)C1. The Morgan fingerprint density at radius 1 is 1.37 bits per heavy atom. The number of likely N-dealkylation sites (tertiary alicyclic amines) is 1. The smallest absolute Gasteiger partial charge is 0.410 e. The summed E-state index contributed by atoms with van der Waals surface area (Å²) in [4.78, 5) is 13.6. The molecule has 1 aliphatic heterocycles. The maximum Gasteiger partial charge on any atom is 0.410 e. The molecular weight excluding hydrogens is 242 g/mol. The number of ether oxygens (including phenoxy) is 1. The molecule has 1 amide bonds. The molecule has 4 nitrogen and oxygen atoms in total. The summed E-state index contributed by atoms with van der Waals surface area (Å²) in [5.74, 6) is 0.810. The van der Waals surface area contributed by atoms with E-state index in [-0.39, 0.29) is 18.1 Å². The number of rotatable bonds is 4. The molecule has 19 heavy (non-hydrogen) atoms. The Labute approximate surface area is 117 Å². The molecule has 0 aromatic heterocycles. The summed E-state index contributed by atoms with van der Waals surface area (Å²) in [6, 6.07) is 0. The quantitative estimate of drug-likeness (QED) is 0.855. The lowest BCUT2D eigenvalue weighted by Crippen LogP contribution is -2.36. The van der Waals surface area contributed by atoms with Gasteiger partial charge in [-0.05, 0) is 46.0 Å². The molecule has 4 heteroatoms. The minimum absolute atomic E-state index is 0.200. The maximum absolute atomic E-state index is 11.9. The van der Waals surface area contributed by atoms with Gasteiger partial charge in [-0.3, -0.25) is 0 Å². The lowest BCUT2D eigenvalue weighted by Gasteiger charge is -2.25. The number of nitrogens with zero attached hydrogens (tertiary/aromatic N) is 1. The van der Waals surface area contributed by atoms with Gasteiger partial charge in [-0.2, -0.15) is 0 Å². The van der Waals surface area contributed by atoms with Crippen LogP contribution in [0.5, 0.6) is 0 Å². The molecule has 0 aromatic rings. The van der Waals surface area contributed by atoms with Crippen molar-refractivity contribution in [3.05, 3.63) is 0 Å². The van der Waals surface area contributed by atoms with Gasteiger partial charge in [-0.1, -0.05) is 13.8 Å². The molecule has 0 spiro atoms. The van der Waals surface area contributed by atoms with Gasteiger partial charge in [0.1, 0.15) is 5.60 Å². The first-order valence-electron chi connectivity index (χ1n) is 7.35. The zero-order valence-corrected chi connectivity index (χ0v) is 13.0. The first kappa shape index (κ1) is 16.3.